The van der Waals surface area contributed by atoms with Crippen LogP contribution in [-0.4, -0.2) is 13.2 Å². The summed E-state index contributed by atoms with van der Waals surface area (Å²) in [7, 11) is 1.35. The molecule has 0 aliphatic rings. The van der Waals surface area contributed by atoms with Gasteiger partial charge in [-0.25, -0.2) is 9.18 Å². The number of rotatable bonds is 4. The Morgan fingerprint density at radius 2 is 2.05 bits per heavy atom. The highest BCUT2D eigenvalue weighted by molar-refractivity contribution is 5.85. The van der Waals surface area contributed by atoms with Crippen LogP contribution in [0.5, 0.6) is 5.75 Å². The third-order valence-electron chi connectivity index (χ3n) is 2.86. The summed E-state index contributed by atoms with van der Waals surface area (Å²) < 4.78 is 23.8. The maximum atomic E-state index is 13.8. The quantitative estimate of drug-likeness (QED) is 0.938. The van der Waals surface area contributed by atoms with Gasteiger partial charge in [-0.1, -0.05) is 30.3 Å². The van der Waals surface area contributed by atoms with Crippen LogP contribution in [0.1, 0.15) is 11.1 Å². The molecule has 22 heavy (non-hydrogen) atoms. The van der Waals surface area contributed by atoms with E-state index < -0.39 is 11.9 Å². The first-order valence-electron chi connectivity index (χ1n) is 6.39. The number of nitriles is 1. The maximum absolute atomic E-state index is 13.8. The van der Waals surface area contributed by atoms with Crippen LogP contribution in [0.25, 0.3) is 0 Å². The van der Waals surface area contributed by atoms with E-state index in [1.807, 2.05) is 18.2 Å². The summed E-state index contributed by atoms with van der Waals surface area (Å²) >= 11 is 0. The molecule has 0 heterocycles. The molecule has 2 aromatic carbocycles. The van der Waals surface area contributed by atoms with E-state index in [-0.39, 0.29) is 23.6 Å². The zero-order valence-corrected chi connectivity index (χ0v) is 11.8. The Hall–Kier alpha value is -3.07. The minimum atomic E-state index is -0.797. The Labute approximate surface area is 126 Å². The smallest absolute Gasteiger partial charge is 0.412 e. The van der Waals surface area contributed by atoms with Gasteiger partial charge in [-0.15, -0.1) is 0 Å². The predicted molar refractivity (Wildman–Crippen MR) is 77.9 cm³/mol. The number of hydrogen-bond donors (Lipinski definition) is 1. The number of ether oxygens (including phenoxy) is 2. The number of hydrogen-bond acceptors (Lipinski definition) is 4. The summed E-state index contributed by atoms with van der Waals surface area (Å²) in [5.41, 5.74) is 0.743. The normalized spacial score (nSPS) is 9.68. The number of nitrogens with zero attached hydrogens (tertiary/aromatic N) is 1. The minimum absolute atomic E-state index is 0.0446. The van der Waals surface area contributed by atoms with E-state index in [0.29, 0.717) is 0 Å². The second-order valence-electron chi connectivity index (χ2n) is 4.33. The van der Waals surface area contributed by atoms with Gasteiger partial charge >= 0.3 is 6.09 Å². The fourth-order valence-corrected chi connectivity index (χ4v) is 1.77. The van der Waals surface area contributed by atoms with Crippen LogP contribution in [0.3, 0.4) is 0 Å². The third-order valence-corrected chi connectivity index (χ3v) is 2.86. The van der Waals surface area contributed by atoms with Crippen molar-refractivity contribution in [2.45, 2.75) is 6.61 Å². The van der Waals surface area contributed by atoms with Crippen molar-refractivity contribution in [3.05, 3.63) is 59.4 Å². The average Bonchev–Trinajstić information content (AvgIpc) is 2.55. The lowest BCUT2D eigenvalue weighted by atomic mass is 10.2. The fourth-order valence-electron chi connectivity index (χ4n) is 1.77. The van der Waals surface area contributed by atoms with E-state index in [4.69, 9.17) is 14.7 Å². The highest BCUT2D eigenvalue weighted by Gasteiger charge is 2.13. The first kappa shape index (κ1) is 15.3. The third kappa shape index (κ3) is 3.73. The molecule has 0 atom stereocenters. The molecule has 5 nitrogen and oxygen atoms in total. The van der Waals surface area contributed by atoms with E-state index in [2.05, 4.69) is 5.32 Å². The molecule has 0 radical (unpaired) electrons. The predicted octanol–water partition coefficient (Wildman–Crippen LogP) is 3.45. The fraction of sp³-hybridized carbons (Fsp3) is 0.125. The number of anilines is 1. The van der Waals surface area contributed by atoms with Crippen molar-refractivity contribution >= 4 is 11.8 Å². The molecule has 2 aromatic rings. The molecule has 112 valence electrons. The summed E-state index contributed by atoms with van der Waals surface area (Å²) in [4.78, 5) is 11.7. The summed E-state index contributed by atoms with van der Waals surface area (Å²) in [6.07, 6.45) is -0.797. The second kappa shape index (κ2) is 7.09. The molecular weight excluding hydrogens is 287 g/mol. The molecule has 0 bridgehead atoms. The van der Waals surface area contributed by atoms with Crippen molar-refractivity contribution in [1.29, 1.82) is 5.26 Å². The minimum Gasteiger partial charge on any atom is -0.495 e. The van der Waals surface area contributed by atoms with Crippen molar-refractivity contribution in [3.63, 3.8) is 0 Å². The van der Waals surface area contributed by atoms with Crippen LogP contribution < -0.4 is 10.1 Å². The first-order valence-corrected chi connectivity index (χ1v) is 6.39. The van der Waals surface area contributed by atoms with Gasteiger partial charge in [0.1, 0.15) is 24.2 Å². The molecule has 0 unspecified atom stereocenters. The number of amides is 1. The zero-order chi connectivity index (χ0) is 15.9. The maximum Gasteiger partial charge on any atom is 0.412 e. The highest BCUT2D eigenvalue weighted by atomic mass is 19.1. The number of nitrogens with one attached hydrogen (secondary N) is 1. The molecule has 0 aliphatic heterocycles. The van der Waals surface area contributed by atoms with Crippen LogP contribution >= 0.6 is 0 Å². The van der Waals surface area contributed by atoms with E-state index in [1.54, 1.807) is 18.2 Å². The van der Waals surface area contributed by atoms with Gasteiger partial charge in [0, 0.05) is 6.07 Å². The summed E-state index contributed by atoms with van der Waals surface area (Å²) in [5, 5.41) is 11.1. The Bertz CT molecular complexity index is 711. The number of carbonyl (C=O) groups excluding carboxylic acids is 1. The van der Waals surface area contributed by atoms with Gasteiger partial charge in [-0.05, 0) is 11.6 Å². The molecule has 0 fully saturated rings. The average molecular weight is 300 g/mol. The standard InChI is InChI=1S/C16H13FN2O3/c1-21-15-8-14(13(17)7-12(15)9-18)19-16(20)22-10-11-5-3-2-4-6-11/h2-8H,10H2,1H3,(H,19,20). The molecule has 1 amide bonds. The Balaban J connectivity index is 2.04. The van der Waals surface area contributed by atoms with Crippen molar-refractivity contribution in [3.8, 4) is 11.8 Å². The topological polar surface area (TPSA) is 71.3 Å². The molecule has 0 spiro atoms. The summed E-state index contributed by atoms with van der Waals surface area (Å²) in [6.45, 7) is 0.0711. The first-order chi connectivity index (χ1) is 10.6. The molecule has 0 saturated heterocycles. The highest BCUT2D eigenvalue weighted by Crippen LogP contribution is 2.26. The second-order valence-corrected chi connectivity index (χ2v) is 4.33. The largest absolute Gasteiger partial charge is 0.495 e. The molecule has 2 rings (SSSR count). The van der Waals surface area contributed by atoms with Crippen LogP contribution in [0, 0.1) is 17.1 Å². The van der Waals surface area contributed by atoms with Crippen molar-refractivity contribution in [1.82, 2.24) is 0 Å². The summed E-state index contributed by atoms with van der Waals surface area (Å²) in [6, 6.07) is 13.1. The molecule has 6 heteroatoms. The van der Waals surface area contributed by atoms with Gasteiger partial charge in [-0.3, -0.25) is 5.32 Å². The monoisotopic (exact) mass is 300 g/mol. The lowest BCUT2D eigenvalue weighted by molar-refractivity contribution is 0.155. The molecular formula is C16H13FN2O3. The van der Waals surface area contributed by atoms with Crippen LogP contribution in [0.4, 0.5) is 14.9 Å². The van der Waals surface area contributed by atoms with Gasteiger partial charge in [0.15, 0.2) is 0 Å². The lowest BCUT2D eigenvalue weighted by Gasteiger charge is -2.10. The van der Waals surface area contributed by atoms with Crippen LogP contribution in [0.15, 0.2) is 42.5 Å². The van der Waals surface area contributed by atoms with Gasteiger partial charge in [0.05, 0.1) is 18.4 Å². The Morgan fingerprint density at radius 1 is 1.32 bits per heavy atom. The van der Waals surface area contributed by atoms with E-state index in [0.717, 1.165) is 11.6 Å². The lowest BCUT2D eigenvalue weighted by Crippen LogP contribution is -2.14. The molecule has 0 aromatic heterocycles. The SMILES string of the molecule is COc1cc(NC(=O)OCc2ccccc2)c(F)cc1C#N. The van der Waals surface area contributed by atoms with Gasteiger partial charge < -0.3 is 9.47 Å². The van der Waals surface area contributed by atoms with Gasteiger partial charge in [-0.2, -0.15) is 5.26 Å². The molecule has 1 N–H and O–H groups in total. The van der Waals surface area contributed by atoms with E-state index >= 15 is 0 Å². The Morgan fingerprint density at radius 3 is 2.68 bits per heavy atom. The number of carbonyl (C=O) groups is 1. The van der Waals surface area contributed by atoms with E-state index in [1.165, 1.54) is 13.2 Å². The molecule has 0 saturated carbocycles. The number of benzene rings is 2. The number of halogens is 1. The van der Waals surface area contributed by atoms with Gasteiger partial charge in [0.2, 0.25) is 0 Å². The van der Waals surface area contributed by atoms with Gasteiger partial charge in [0.25, 0.3) is 0 Å². The van der Waals surface area contributed by atoms with Crippen molar-refractivity contribution in [2.75, 3.05) is 12.4 Å². The van der Waals surface area contributed by atoms with Crippen molar-refractivity contribution < 1.29 is 18.7 Å². The van der Waals surface area contributed by atoms with E-state index in [9.17, 15) is 9.18 Å². The summed E-state index contributed by atoms with van der Waals surface area (Å²) in [5.74, 6) is -0.573. The molecule has 0 aliphatic carbocycles. The van der Waals surface area contributed by atoms with Crippen molar-refractivity contribution in [2.24, 2.45) is 0 Å². The zero-order valence-electron chi connectivity index (χ0n) is 11.8. The number of methoxy groups -OCH3 is 1. The Kier molecular flexibility index (Phi) is 4.94. The van der Waals surface area contributed by atoms with Crippen LogP contribution in [-0.2, 0) is 11.3 Å². The van der Waals surface area contributed by atoms with Crippen LogP contribution in [0.2, 0.25) is 0 Å².